The van der Waals surface area contributed by atoms with Crippen LogP contribution in [0.1, 0.15) is 22.8 Å². The largest absolute Gasteiger partial charge is 0.400 e. The van der Waals surface area contributed by atoms with Gasteiger partial charge in [-0.2, -0.15) is 0 Å². The highest BCUT2D eigenvalue weighted by Crippen LogP contribution is 2.44. The summed E-state index contributed by atoms with van der Waals surface area (Å²) in [4.78, 5) is 0. The van der Waals surface area contributed by atoms with Crippen molar-refractivity contribution in [3.8, 4) is 0 Å². The molecule has 0 bridgehead atoms. The van der Waals surface area contributed by atoms with E-state index in [2.05, 4.69) is 13.2 Å². The van der Waals surface area contributed by atoms with Crippen molar-refractivity contribution in [1.82, 2.24) is 0 Å². The van der Waals surface area contributed by atoms with Crippen LogP contribution < -0.4 is 5.73 Å². The van der Waals surface area contributed by atoms with Gasteiger partial charge in [-0.3, -0.25) is 0 Å². The van der Waals surface area contributed by atoms with Gasteiger partial charge in [-0.1, -0.05) is 48.6 Å². The van der Waals surface area contributed by atoms with Crippen LogP contribution in [0.3, 0.4) is 0 Å². The van der Waals surface area contributed by atoms with E-state index in [0.29, 0.717) is 12.1 Å². The Hall–Kier alpha value is -2.33. The first-order chi connectivity index (χ1) is 11.0. The number of hydrogen-bond donors (Lipinski definition) is 1. The van der Waals surface area contributed by atoms with E-state index in [1.54, 1.807) is 6.08 Å². The molecular weight excluding hydrogens is 306 g/mol. The molecule has 0 aliphatic heterocycles. The number of allylic oxidation sites excluding steroid dienone is 2. The molecule has 0 spiro atoms. The highest BCUT2D eigenvalue weighted by Gasteiger charge is 2.35. The Morgan fingerprint density at radius 3 is 2.43 bits per heavy atom. The predicted octanol–water partition coefficient (Wildman–Crippen LogP) is 3.74. The molecule has 2 aromatic carbocycles. The molecule has 0 radical (unpaired) electrons. The van der Waals surface area contributed by atoms with Crippen molar-refractivity contribution < 1.29 is 8.42 Å². The summed E-state index contributed by atoms with van der Waals surface area (Å²) in [6.45, 7) is 7.34. The maximum atomic E-state index is 12.8. The molecule has 3 rings (SSSR count). The minimum Gasteiger partial charge on any atom is -0.400 e. The van der Waals surface area contributed by atoms with Crippen LogP contribution in [0.25, 0.3) is 16.3 Å². The molecule has 0 fully saturated rings. The molecule has 0 amide bonds. The Bertz CT molecular complexity index is 934. The number of nitrogens with two attached hydrogens (primary N) is 1. The third-order valence-electron chi connectivity index (χ3n) is 4.23. The standard InChI is InChI=1S/C19H19NO2S/c1-3-7-15-14-10-5-8-13-9-6-11-16(17(13)14)19(18(15)20)23(21,22)12-4-2/h3-6,8-11,19H,1-2,7,12,20H2. The molecule has 1 aliphatic rings. The summed E-state index contributed by atoms with van der Waals surface area (Å²) in [6.07, 6.45) is 3.71. The van der Waals surface area contributed by atoms with E-state index < -0.39 is 15.1 Å². The van der Waals surface area contributed by atoms with Crippen LogP contribution in [0.2, 0.25) is 0 Å². The fraction of sp³-hybridized carbons (Fsp3) is 0.158. The van der Waals surface area contributed by atoms with Crippen LogP contribution >= 0.6 is 0 Å². The molecule has 1 aliphatic carbocycles. The predicted molar refractivity (Wildman–Crippen MR) is 96.6 cm³/mol. The minimum absolute atomic E-state index is 0.0989. The molecule has 0 aromatic heterocycles. The summed E-state index contributed by atoms with van der Waals surface area (Å²) >= 11 is 0. The SMILES string of the molecule is C=CCC1=C(N)C(S(=O)(=O)CC=C)c2cccc3cccc1c23. The molecule has 0 heterocycles. The Morgan fingerprint density at radius 2 is 1.78 bits per heavy atom. The molecule has 2 N–H and O–H groups in total. The molecule has 1 unspecified atom stereocenters. The zero-order chi connectivity index (χ0) is 16.6. The van der Waals surface area contributed by atoms with Gasteiger partial charge in [0.1, 0.15) is 5.25 Å². The maximum Gasteiger partial charge on any atom is 0.166 e. The van der Waals surface area contributed by atoms with Gasteiger partial charge in [0.2, 0.25) is 0 Å². The highest BCUT2D eigenvalue weighted by atomic mass is 32.2. The molecule has 0 saturated heterocycles. The third-order valence-corrected chi connectivity index (χ3v) is 6.16. The quantitative estimate of drug-likeness (QED) is 0.852. The van der Waals surface area contributed by atoms with Crippen LogP contribution in [0, 0.1) is 0 Å². The van der Waals surface area contributed by atoms with Gasteiger partial charge in [-0.05, 0) is 33.9 Å². The van der Waals surface area contributed by atoms with Crippen LogP contribution in [0.5, 0.6) is 0 Å². The average molecular weight is 325 g/mol. The lowest BCUT2D eigenvalue weighted by molar-refractivity contribution is 0.591. The Labute approximate surface area is 136 Å². The fourth-order valence-electron chi connectivity index (χ4n) is 3.34. The first-order valence-corrected chi connectivity index (χ1v) is 9.16. The number of rotatable bonds is 5. The minimum atomic E-state index is -3.46. The zero-order valence-electron chi connectivity index (χ0n) is 12.8. The second-order valence-electron chi connectivity index (χ2n) is 5.68. The van der Waals surface area contributed by atoms with Gasteiger partial charge in [-0.25, -0.2) is 8.42 Å². The van der Waals surface area contributed by atoms with Crippen molar-refractivity contribution >= 4 is 26.2 Å². The van der Waals surface area contributed by atoms with Gasteiger partial charge in [0.05, 0.1) is 5.75 Å². The van der Waals surface area contributed by atoms with E-state index in [-0.39, 0.29) is 5.75 Å². The third kappa shape index (κ3) is 2.39. The van der Waals surface area contributed by atoms with Gasteiger partial charge in [-0.15, -0.1) is 13.2 Å². The highest BCUT2D eigenvalue weighted by molar-refractivity contribution is 7.92. The van der Waals surface area contributed by atoms with Crippen LogP contribution in [-0.2, 0) is 9.84 Å². The second-order valence-corrected chi connectivity index (χ2v) is 7.81. The van der Waals surface area contributed by atoms with Crippen LogP contribution in [0.4, 0.5) is 0 Å². The normalized spacial score (nSPS) is 17.3. The van der Waals surface area contributed by atoms with E-state index in [9.17, 15) is 8.42 Å². The van der Waals surface area contributed by atoms with Crippen LogP contribution in [-0.4, -0.2) is 14.2 Å². The van der Waals surface area contributed by atoms with E-state index in [0.717, 1.165) is 27.5 Å². The van der Waals surface area contributed by atoms with Gasteiger partial charge in [0, 0.05) is 5.70 Å². The average Bonchev–Trinajstić information content (AvgIpc) is 2.51. The topological polar surface area (TPSA) is 60.2 Å². The molecule has 1 atom stereocenters. The molecule has 0 saturated carbocycles. The fourth-order valence-corrected chi connectivity index (χ4v) is 4.97. The van der Waals surface area contributed by atoms with Gasteiger partial charge in [0.15, 0.2) is 9.84 Å². The lowest BCUT2D eigenvalue weighted by Gasteiger charge is -2.28. The van der Waals surface area contributed by atoms with Crippen molar-refractivity contribution in [3.05, 3.63) is 78.5 Å². The number of sulfone groups is 1. The lowest BCUT2D eigenvalue weighted by Crippen LogP contribution is -2.26. The van der Waals surface area contributed by atoms with Crippen molar-refractivity contribution in [2.24, 2.45) is 5.73 Å². The maximum absolute atomic E-state index is 12.8. The molecule has 23 heavy (non-hydrogen) atoms. The molecule has 2 aromatic rings. The molecular formula is C19H19NO2S. The Morgan fingerprint density at radius 1 is 1.09 bits per heavy atom. The summed E-state index contributed by atoms with van der Waals surface area (Å²) in [6, 6.07) is 11.7. The van der Waals surface area contributed by atoms with E-state index >= 15 is 0 Å². The summed E-state index contributed by atoms with van der Waals surface area (Å²) in [7, 11) is -3.46. The molecule has 4 heteroatoms. The van der Waals surface area contributed by atoms with E-state index in [1.807, 2.05) is 36.4 Å². The molecule has 118 valence electrons. The van der Waals surface area contributed by atoms with Crippen molar-refractivity contribution in [3.63, 3.8) is 0 Å². The molecule has 3 nitrogen and oxygen atoms in total. The monoisotopic (exact) mass is 325 g/mol. The first-order valence-electron chi connectivity index (χ1n) is 7.45. The summed E-state index contributed by atoms with van der Waals surface area (Å²) in [5.41, 5.74) is 9.34. The van der Waals surface area contributed by atoms with E-state index in [4.69, 9.17) is 5.73 Å². The van der Waals surface area contributed by atoms with Gasteiger partial charge in [0.25, 0.3) is 0 Å². The summed E-state index contributed by atoms with van der Waals surface area (Å²) in [5, 5.41) is 1.17. The Kier molecular flexibility index (Phi) is 3.86. The lowest BCUT2D eigenvalue weighted by atomic mass is 9.85. The summed E-state index contributed by atoms with van der Waals surface area (Å²) < 4.78 is 25.6. The van der Waals surface area contributed by atoms with Crippen molar-refractivity contribution in [1.29, 1.82) is 0 Å². The zero-order valence-corrected chi connectivity index (χ0v) is 13.6. The summed E-state index contributed by atoms with van der Waals surface area (Å²) in [5.74, 6) is -0.0989. The van der Waals surface area contributed by atoms with Crippen LogP contribution in [0.15, 0.2) is 67.4 Å². The smallest absolute Gasteiger partial charge is 0.166 e. The number of benzene rings is 2. The second kappa shape index (κ2) is 5.70. The van der Waals surface area contributed by atoms with Crippen molar-refractivity contribution in [2.75, 3.05) is 5.75 Å². The number of hydrogen-bond acceptors (Lipinski definition) is 3. The van der Waals surface area contributed by atoms with Gasteiger partial charge < -0.3 is 5.73 Å². The van der Waals surface area contributed by atoms with Gasteiger partial charge >= 0.3 is 0 Å². The Balaban J connectivity index is 2.41. The first kappa shape index (κ1) is 15.6. The van der Waals surface area contributed by atoms with Crippen molar-refractivity contribution in [2.45, 2.75) is 11.7 Å². The van der Waals surface area contributed by atoms with E-state index in [1.165, 1.54) is 6.08 Å².